The minimum atomic E-state index is 0.0599. The van der Waals surface area contributed by atoms with Crippen LogP contribution in [0, 0.1) is 5.92 Å². The Kier molecular flexibility index (Phi) is 6.60. The second-order valence-electron chi connectivity index (χ2n) is 5.33. The van der Waals surface area contributed by atoms with Gasteiger partial charge >= 0.3 is 0 Å². The molecule has 5 nitrogen and oxygen atoms in total. The maximum absolute atomic E-state index is 11.9. The van der Waals surface area contributed by atoms with E-state index in [-0.39, 0.29) is 11.9 Å². The van der Waals surface area contributed by atoms with Gasteiger partial charge in [0.05, 0.1) is 13.2 Å². The number of rotatable bonds is 7. The summed E-state index contributed by atoms with van der Waals surface area (Å²) in [5.41, 5.74) is 5.77. The van der Waals surface area contributed by atoms with Crippen LogP contribution in [0.5, 0.6) is 0 Å². The largest absolute Gasteiger partial charge is 0.383 e. The van der Waals surface area contributed by atoms with E-state index in [0.29, 0.717) is 25.1 Å². The lowest BCUT2D eigenvalue weighted by Gasteiger charge is -2.28. The number of hydrogen-bond acceptors (Lipinski definition) is 4. The first-order chi connectivity index (χ1) is 8.58. The number of nitrogens with zero attached hydrogens (tertiary/aromatic N) is 1. The zero-order valence-electron chi connectivity index (χ0n) is 11.8. The molecule has 0 spiro atoms. The number of carbonyl (C=O) groups is 1. The Hall–Kier alpha value is -0.650. The molecule has 1 aliphatic rings. The highest BCUT2D eigenvalue weighted by atomic mass is 16.5. The van der Waals surface area contributed by atoms with Crippen molar-refractivity contribution in [2.45, 2.75) is 38.3 Å². The molecule has 1 saturated carbocycles. The van der Waals surface area contributed by atoms with E-state index in [0.717, 1.165) is 13.0 Å². The Labute approximate surface area is 110 Å². The van der Waals surface area contributed by atoms with Crippen LogP contribution in [0.15, 0.2) is 0 Å². The fraction of sp³-hybridized carbons (Fsp3) is 0.923. The van der Waals surface area contributed by atoms with E-state index >= 15 is 0 Å². The minimum absolute atomic E-state index is 0.0599. The number of nitrogens with two attached hydrogens (primary N) is 1. The molecular formula is C13H27N3O2. The van der Waals surface area contributed by atoms with Gasteiger partial charge in [-0.3, -0.25) is 9.69 Å². The van der Waals surface area contributed by atoms with E-state index in [1.165, 1.54) is 12.8 Å². The van der Waals surface area contributed by atoms with Crippen LogP contribution in [0.1, 0.15) is 26.2 Å². The molecule has 0 aromatic rings. The van der Waals surface area contributed by atoms with Crippen molar-refractivity contribution in [3.63, 3.8) is 0 Å². The number of ether oxygens (including phenoxy) is 1. The summed E-state index contributed by atoms with van der Waals surface area (Å²) in [6.45, 7) is 3.65. The Morgan fingerprint density at radius 1 is 1.56 bits per heavy atom. The third kappa shape index (κ3) is 4.55. The number of hydrogen-bond donors (Lipinski definition) is 2. The van der Waals surface area contributed by atoms with Gasteiger partial charge in [0.2, 0.25) is 5.91 Å². The molecule has 0 saturated heterocycles. The standard InChI is InChI=1S/C13H27N3O2/c1-10(9-18-3)15-13(17)8-16(2)12-6-4-5-11(12)7-14/h10-12H,4-9,14H2,1-3H3,(H,15,17). The summed E-state index contributed by atoms with van der Waals surface area (Å²) in [5, 5.41) is 2.93. The Morgan fingerprint density at radius 2 is 2.28 bits per heavy atom. The first-order valence-electron chi connectivity index (χ1n) is 6.77. The summed E-state index contributed by atoms with van der Waals surface area (Å²) < 4.78 is 5.00. The quantitative estimate of drug-likeness (QED) is 0.683. The van der Waals surface area contributed by atoms with Crippen LogP contribution in [-0.4, -0.2) is 56.7 Å². The number of nitrogens with one attached hydrogen (secondary N) is 1. The highest BCUT2D eigenvalue weighted by molar-refractivity contribution is 5.78. The van der Waals surface area contributed by atoms with Crippen molar-refractivity contribution in [2.24, 2.45) is 11.7 Å². The van der Waals surface area contributed by atoms with Crippen LogP contribution >= 0.6 is 0 Å². The van der Waals surface area contributed by atoms with Gasteiger partial charge in [-0.15, -0.1) is 0 Å². The van der Waals surface area contributed by atoms with Gasteiger partial charge in [0.25, 0.3) is 0 Å². The Balaban J connectivity index is 2.34. The van der Waals surface area contributed by atoms with E-state index < -0.39 is 0 Å². The van der Waals surface area contributed by atoms with Crippen LogP contribution in [-0.2, 0) is 9.53 Å². The van der Waals surface area contributed by atoms with Crippen molar-refractivity contribution < 1.29 is 9.53 Å². The van der Waals surface area contributed by atoms with Crippen molar-refractivity contribution in [3.8, 4) is 0 Å². The lowest BCUT2D eigenvalue weighted by Crippen LogP contribution is -2.46. The zero-order chi connectivity index (χ0) is 13.5. The van der Waals surface area contributed by atoms with E-state index in [2.05, 4.69) is 10.2 Å². The average Bonchev–Trinajstić information content (AvgIpc) is 2.76. The molecule has 0 radical (unpaired) electrons. The maximum atomic E-state index is 11.9. The van der Waals surface area contributed by atoms with Crippen molar-refractivity contribution in [1.82, 2.24) is 10.2 Å². The fourth-order valence-corrected chi connectivity index (χ4v) is 2.83. The Bertz CT molecular complexity index is 261. The topological polar surface area (TPSA) is 67.6 Å². The monoisotopic (exact) mass is 257 g/mol. The molecule has 18 heavy (non-hydrogen) atoms. The first-order valence-corrected chi connectivity index (χ1v) is 6.77. The van der Waals surface area contributed by atoms with E-state index in [4.69, 9.17) is 10.5 Å². The summed E-state index contributed by atoms with van der Waals surface area (Å²) in [7, 11) is 3.65. The summed E-state index contributed by atoms with van der Waals surface area (Å²) in [6, 6.07) is 0.517. The fourth-order valence-electron chi connectivity index (χ4n) is 2.83. The number of methoxy groups -OCH3 is 1. The van der Waals surface area contributed by atoms with Gasteiger partial charge in [0, 0.05) is 19.2 Å². The van der Waals surface area contributed by atoms with Crippen LogP contribution in [0.2, 0.25) is 0 Å². The average molecular weight is 257 g/mol. The normalized spacial score (nSPS) is 25.4. The molecule has 5 heteroatoms. The van der Waals surface area contributed by atoms with E-state index in [1.54, 1.807) is 7.11 Å². The lowest BCUT2D eigenvalue weighted by molar-refractivity contribution is -0.123. The molecular weight excluding hydrogens is 230 g/mol. The van der Waals surface area contributed by atoms with Crippen LogP contribution in [0.3, 0.4) is 0 Å². The van der Waals surface area contributed by atoms with Crippen molar-refractivity contribution in [3.05, 3.63) is 0 Å². The number of carbonyl (C=O) groups excluding carboxylic acids is 1. The summed E-state index contributed by atoms with van der Waals surface area (Å²) in [5.74, 6) is 0.601. The molecule has 0 heterocycles. The maximum Gasteiger partial charge on any atom is 0.234 e. The van der Waals surface area contributed by atoms with Gasteiger partial charge in [-0.05, 0) is 39.3 Å². The molecule has 0 aromatic carbocycles. The predicted molar refractivity (Wildman–Crippen MR) is 72.3 cm³/mol. The van der Waals surface area contributed by atoms with Crippen molar-refractivity contribution >= 4 is 5.91 Å². The first kappa shape index (κ1) is 15.4. The van der Waals surface area contributed by atoms with Crippen LogP contribution in [0.4, 0.5) is 0 Å². The molecule has 3 N–H and O–H groups in total. The smallest absolute Gasteiger partial charge is 0.234 e. The summed E-state index contributed by atoms with van der Waals surface area (Å²) in [6.07, 6.45) is 3.56. The summed E-state index contributed by atoms with van der Waals surface area (Å²) in [4.78, 5) is 14.0. The van der Waals surface area contributed by atoms with Crippen molar-refractivity contribution in [1.29, 1.82) is 0 Å². The van der Waals surface area contributed by atoms with Crippen LogP contribution in [0.25, 0.3) is 0 Å². The zero-order valence-corrected chi connectivity index (χ0v) is 11.8. The van der Waals surface area contributed by atoms with Gasteiger partial charge in [0.1, 0.15) is 0 Å². The number of likely N-dealkylation sites (N-methyl/N-ethyl adjacent to an activating group) is 1. The SMILES string of the molecule is COCC(C)NC(=O)CN(C)C1CCCC1CN. The molecule has 1 rings (SSSR count). The van der Waals surface area contributed by atoms with Crippen LogP contribution < -0.4 is 11.1 Å². The van der Waals surface area contributed by atoms with Gasteiger partial charge in [0.15, 0.2) is 0 Å². The molecule has 0 aliphatic heterocycles. The second kappa shape index (κ2) is 7.71. The van der Waals surface area contributed by atoms with E-state index in [9.17, 15) is 4.79 Å². The molecule has 1 fully saturated rings. The van der Waals surface area contributed by atoms with Gasteiger partial charge in [-0.1, -0.05) is 6.42 Å². The van der Waals surface area contributed by atoms with Crippen molar-refractivity contribution in [2.75, 3.05) is 33.9 Å². The van der Waals surface area contributed by atoms with Gasteiger partial charge in [-0.25, -0.2) is 0 Å². The highest BCUT2D eigenvalue weighted by Crippen LogP contribution is 2.28. The lowest BCUT2D eigenvalue weighted by atomic mass is 10.0. The molecule has 3 unspecified atom stereocenters. The third-order valence-electron chi connectivity index (χ3n) is 3.70. The minimum Gasteiger partial charge on any atom is -0.383 e. The molecule has 1 amide bonds. The highest BCUT2D eigenvalue weighted by Gasteiger charge is 2.30. The molecule has 0 bridgehead atoms. The molecule has 1 aliphatic carbocycles. The third-order valence-corrected chi connectivity index (χ3v) is 3.70. The van der Waals surface area contributed by atoms with E-state index in [1.807, 2.05) is 14.0 Å². The molecule has 0 aromatic heterocycles. The molecule has 106 valence electrons. The number of amides is 1. The predicted octanol–water partition coefficient (Wildman–Crippen LogP) is 0.197. The second-order valence-corrected chi connectivity index (χ2v) is 5.33. The van der Waals surface area contributed by atoms with Gasteiger partial charge in [-0.2, -0.15) is 0 Å². The molecule has 3 atom stereocenters. The Morgan fingerprint density at radius 3 is 2.89 bits per heavy atom. The summed E-state index contributed by atoms with van der Waals surface area (Å²) >= 11 is 0. The van der Waals surface area contributed by atoms with Gasteiger partial charge < -0.3 is 15.8 Å².